The number of fused-ring (bicyclic) bond motifs is 1. The fourth-order valence-electron chi connectivity index (χ4n) is 4.06. The van der Waals surface area contributed by atoms with Gasteiger partial charge in [0.2, 0.25) is 11.5 Å². The molecule has 9 heteroatoms. The van der Waals surface area contributed by atoms with Crippen LogP contribution in [-0.4, -0.2) is 48.0 Å². The Bertz CT molecular complexity index is 914. The number of ether oxygens (including phenoxy) is 2. The molecule has 0 saturated carbocycles. The third-order valence-electron chi connectivity index (χ3n) is 5.54. The molecule has 30 heavy (non-hydrogen) atoms. The maximum atomic E-state index is 13.0. The highest BCUT2D eigenvalue weighted by atomic mass is 32.2. The zero-order valence-electron chi connectivity index (χ0n) is 16.9. The van der Waals surface area contributed by atoms with Gasteiger partial charge in [0, 0.05) is 25.4 Å². The number of amides is 1. The zero-order chi connectivity index (χ0) is 21.1. The molecule has 0 bridgehead atoms. The number of carbonyl (C=O) groups is 1. The molecule has 8 nitrogen and oxygen atoms in total. The molecular weight excluding hydrogens is 404 g/mol. The number of benzene rings is 1. The molecule has 160 valence electrons. The van der Waals surface area contributed by atoms with Gasteiger partial charge in [0.05, 0.1) is 30.5 Å². The second-order valence-corrected chi connectivity index (χ2v) is 8.44. The number of nitrogens with two attached hydrogens (primary N) is 1. The van der Waals surface area contributed by atoms with E-state index in [9.17, 15) is 9.35 Å². The average molecular weight is 431 g/mol. The monoisotopic (exact) mass is 430 g/mol. The summed E-state index contributed by atoms with van der Waals surface area (Å²) in [5, 5.41) is 0. The van der Waals surface area contributed by atoms with Gasteiger partial charge < -0.3 is 24.7 Å². The van der Waals surface area contributed by atoms with Gasteiger partial charge in [0.25, 0.3) is 5.91 Å². The van der Waals surface area contributed by atoms with Crippen LogP contribution >= 0.6 is 0 Å². The van der Waals surface area contributed by atoms with Crippen LogP contribution in [0.3, 0.4) is 0 Å². The van der Waals surface area contributed by atoms with Crippen LogP contribution in [0.4, 0.5) is 5.69 Å². The van der Waals surface area contributed by atoms with Gasteiger partial charge >= 0.3 is 0 Å². The number of hydrogen-bond acceptors (Lipinski definition) is 7. The molecule has 1 aromatic carbocycles. The van der Waals surface area contributed by atoms with E-state index in [0.717, 1.165) is 38.0 Å². The minimum absolute atomic E-state index is 0.0210. The first kappa shape index (κ1) is 20.6. The van der Waals surface area contributed by atoms with Crippen molar-refractivity contribution >= 4 is 29.0 Å². The first-order chi connectivity index (χ1) is 14.6. The largest absolute Gasteiger partial charge is 0.566 e. The summed E-state index contributed by atoms with van der Waals surface area (Å²) in [7, 11) is 1.62. The number of amidine groups is 1. The van der Waals surface area contributed by atoms with E-state index in [-0.39, 0.29) is 17.7 Å². The second kappa shape index (κ2) is 9.01. The number of nitrogens with one attached hydrogen (secondary N) is 1. The van der Waals surface area contributed by atoms with Crippen molar-refractivity contribution in [2.24, 2.45) is 16.0 Å². The highest BCUT2D eigenvalue weighted by Crippen LogP contribution is 2.31. The van der Waals surface area contributed by atoms with Gasteiger partial charge in [-0.2, -0.15) is 4.72 Å². The van der Waals surface area contributed by atoms with Crippen molar-refractivity contribution in [3.05, 3.63) is 47.2 Å². The zero-order valence-corrected chi connectivity index (χ0v) is 17.7. The van der Waals surface area contributed by atoms with Gasteiger partial charge in [0.15, 0.2) is 5.84 Å². The number of nitrogens with zero attached hydrogens (tertiary/aromatic N) is 2. The molecule has 1 fully saturated rings. The maximum Gasteiger partial charge on any atom is 0.257 e. The van der Waals surface area contributed by atoms with E-state index in [4.69, 9.17) is 15.2 Å². The highest BCUT2D eigenvalue weighted by Gasteiger charge is 2.29. The number of rotatable bonds is 5. The Morgan fingerprint density at radius 2 is 2.33 bits per heavy atom. The van der Waals surface area contributed by atoms with Crippen molar-refractivity contribution in [1.29, 1.82) is 0 Å². The molecule has 1 saturated heterocycles. The van der Waals surface area contributed by atoms with Crippen LogP contribution in [0.1, 0.15) is 31.2 Å². The lowest BCUT2D eigenvalue weighted by Crippen LogP contribution is -2.42. The van der Waals surface area contributed by atoms with Gasteiger partial charge in [-0.3, -0.25) is 4.79 Å². The number of allylic oxidation sites excluding steroid dienone is 2. The fourth-order valence-corrected chi connectivity index (χ4v) is 4.74. The lowest BCUT2D eigenvalue weighted by Gasteiger charge is -2.33. The van der Waals surface area contributed by atoms with Crippen LogP contribution in [0.5, 0.6) is 5.75 Å². The summed E-state index contributed by atoms with van der Waals surface area (Å²) in [6.45, 7) is 1.83. The van der Waals surface area contributed by atoms with Gasteiger partial charge in [0.1, 0.15) is 11.5 Å². The summed E-state index contributed by atoms with van der Waals surface area (Å²) in [5.74, 6) is 1.79. The van der Waals surface area contributed by atoms with Crippen molar-refractivity contribution in [3.63, 3.8) is 0 Å². The predicted molar refractivity (Wildman–Crippen MR) is 116 cm³/mol. The van der Waals surface area contributed by atoms with E-state index in [1.165, 1.54) is 0 Å². The summed E-state index contributed by atoms with van der Waals surface area (Å²) < 4.78 is 29.8. The highest BCUT2D eigenvalue weighted by molar-refractivity contribution is 7.91. The Kier molecular flexibility index (Phi) is 6.19. The minimum atomic E-state index is -1.57. The number of hydrogen-bond donors (Lipinski definition) is 2. The van der Waals surface area contributed by atoms with E-state index in [2.05, 4.69) is 9.12 Å². The second-order valence-electron chi connectivity index (χ2n) is 7.56. The average Bonchev–Trinajstić information content (AvgIpc) is 2.77. The van der Waals surface area contributed by atoms with Crippen molar-refractivity contribution < 1.29 is 18.8 Å². The molecule has 4 rings (SSSR count). The maximum absolute atomic E-state index is 13.0. The quantitative estimate of drug-likeness (QED) is 0.693. The van der Waals surface area contributed by atoms with Crippen molar-refractivity contribution in [1.82, 2.24) is 4.90 Å². The Balaban J connectivity index is 1.42. The molecule has 1 aromatic rings. The molecule has 3 N–H and O–H groups in total. The van der Waals surface area contributed by atoms with Gasteiger partial charge in [-0.1, -0.05) is 18.2 Å². The minimum Gasteiger partial charge on any atom is -0.566 e. The van der Waals surface area contributed by atoms with Crippen molar-refractivity contribution in [2.45, 2.75) is 25.7 Å². The van der Waals surface area contributed by atoms with E-state index in [1.54, 1.807) is 13.2 Å². The summed E-state index contributed by atoms with van der Waals surface area (Å²) in [4.78, 5) is 14.9. The molecule has 1 aliphatic carbocycles. The van der Waals surface area contributed by atoms with E-state index < -0.39 is 11.5 Å². The van der Waals surface area contributed by atoms with Crippen LogP contribution in [-0.2, 0) is 21.1 Å². The molecule has 1 amide bonds. The number of anilines is 1. The van der Waals surface area contributed by atoms with E-state index in [0.29, 0.717) is 35.7 Å². The van der Waals surface area contributed by atoms with E-state index >= 15 is 0 Å². The summed E-state index contributed by atoms with van der Waals surface area (Å²) in [6, 6.07) is 5.44. The van der Waals surface area contributed by atoms with Crippen molar-refractivity contribution in [2.75, 3.05) is 31.5 Å². The topological polar surface area (TPSA) is 112 Å². The fraction of sp³-hybridized carbons (Fsp3) is 0.429. The van der Waals surface area contributed by atoms with Crippen LogP contribution in [0, 0.1) is 5.92 Å². The van der Waals surface area contributed by atoms with Crippen molar-refractivity contribution in [3.8, 4) is 5.75 Å². The number of methoxy groups -OCH3 is 1. The first-order valence-electron chi connectivity index (χ1n) is 10.1. The van der Waals surface area contributed by atoms with E-state index in [1.807, 2.05) is 29.2 Å². The Morgan fingerprint density at radius 3 is 3.17 bits per heavy atom. The van der Waals surface area contributed by atoms with Crippen LogP contribution < -0.4 is 15.2 Å². The summed E-state index contributed by atoms with van der Waals surface area (Å²) >= 11 is -1.57. The Hall–Kier alpha value is -2.65. The molecule has 0 spiro atoms. The van der Waals surface area contributed by atoms with Gasteiger partial charge in [-0.05, 0) is 35.8 Å². The van der Waals surface area contributed by atoms with Crippen LogP contribution in [0.25, 0.3) is 0 Å². The third-order valence-corrected chi connectivity index (χ3v) is 6.30. The predicted octanol–water partition coefficient (Wildman–Crippen LogP) is 2.26. The standard InChI is InChI=1S/C21H26N4O4S/c1-28-17-9-3-2-7-15(17)21(26)25-11-5-6-14(12-25)13-29-18-10-4-8-16-19(18)20(22)24-30(27)23-16/h2,4,7-8,10,14,23H,3,5-6,9,11-13H2,1H3,(H2,22,24)/t14-,30?/m0/s1. The molecule has 0 aromatic heterocycles. The SMILES string of the molecule is COC1=C(C(=O)N2CCC[C@H](COc3cccc4c3C(N)=N[S+]([O-])N4)C2)C=CCC1. The summed E-state index contributed by atoms with van der Waals surface area (Å²) in [6.07, 6.45) is 7.46. The molecular formula is C21H26N4O4S. The normalized spacial score (nSPS) is 23.4. The van der Waals surface area contributed by atoms with Gasteiger partial charge in [-0.25, -0.2) is 0 Å². The number of carbonyl (C=O) groups excluding carboxylic acids is 1. The molecule has 3 aliphatic rings. The smallest absolute Gasteiger partial charge is 0.257 e. The third kappa shape index (κ3) is 4.27. The molecule has 2 atom stereocenters. The Morgan fingerprint density at radius 1 is 1.47 bits per heavy atom. The number of piperidine rings is 1. The Labute approximate surface area is 179 Å². The lowest BCUT2D eigenvalue weighted by atomic mass is 9.97. The lowest BCUT2D eigenvalue weighted by molar-refractivity contribution is -0.129. The van der Waals surface area contributed by atoms with Crippen LogP contribution in [0.15, 0.2) is 46.1 Å². The van der Waals surface area contributed by atoms with Crippen LogP contribution in [0.2, 0.25) is 0 Å². The van der Waals surface area contributed by atoms with Gasteiger partial charge in [-0.15, -0.1) is 0 Å². The molecule has 2 aliphatic heterocycles. The molecule has 0 radical (unpaired) electrons. The summed E-state index contributed by atoms with van der Waals surface area (Å²) in [5.41, 5.74) is 7.90. The number of likely N-dealkylation sites (tertiary alicyclic amines) is 1. The first-order valence-corrected chi connectivity index (χ1v) is 11.2. The molecule has 1 unspecified atom stereocenters. The molecule has 2 heterocycles.